The highest BCUT2D eigenvalue weighted by atomic mass is 19.1. The molecule has 114 valence electrons. The molecule has 3 nitrogen and oxygen atoms in total. The zero-order chi connectivity index (χ0) is 15.7. The van der Waals surface area contributed by atoms with Gasteiger partial charge < -0.3 is 9.80 Å². The average molecular weight is 298 g/mol. The first kappa shape index (κ1) is 14.7. The van der Waals surface area contributed by atoms with Gasteiger partial charge in [0.25, 0.3) is 0 Å². The summed E-state index contributed by atoms with van der Waals surface area (Å²) in [6.07, 6.45) is 0. The number of carbonyl (C=O) groups excluding carboxylic acids is 1. The molecule has 3 rings (SSSR count). The lowest BCUT2D eigenvalue weighted by atomic mass is 9.93. The molecule has 0 fully saturated rings. The second-order valence-electron chi connectivity index (χ2n) is 5.91. The Morgan fingerprint density at radius 3 is 2.64 bits per heavy atom. The number of fused-ring (bicyclic) bond motifs is 1. The minimum atomic E-state index is -0.262. The SMILES string of the molecule is CN(C)CC(=O)N1CC(c2ccccc2)c2cc(F)ccc21. The summed E-state index contributed by atoms with van der Waals surface area (Å²) in [5.41, 5.74) is 2.81. The van der Waals surface area contributed by atoms with Gasteiger partial charge in [0, 0.05) is 18.2 Å². The van der Waals surface area contributed by atoms with E-state index in [1.165, 1.54) is 6.07 Å². The van der Waals surface area contributed by atoms with Crippen molar-refractivity contribution in [1.29, 1.82) is 0 Å². The molecule has 0 spiro atoms. The van der Waals surface area contributed by atoms with Crippen LogP contribution >= 0.6 is 0 Å². The molecule has 0 aliphatic carbocycles. The fourth-order valence-electron chi connectivity index (χ4n) is 2.99. The number of anilines is 1. The molecule has 1 unspecified atom stereocenters. The maximum Gasteiger partial charge on any atom is 0.241 e. The number of likely N-dealkylation sites (N-methyl/N-ethyl adjacent to an activating group) is 1. The van der Waals surface area contributed by atoms with Crippen molar-refractivity contribution in [3.63, 3.8) is 0 Å². The first-order valence-corrected chi connectivity index (χ1v) is 7.36. The Bertz CT molecular complexity index is 685. The number of hydrogen-bond donors (Lipinski definition) is 0. The molecule has 0 saturated heterocycles. The van der Waals surface area contributed by atoms with E-state index in [4.69, 9.17) is 0 Å². The van der Waals surface area contributed by atoms with Crippen LogP contribution < -0.4 is 4.90 Å². The average Bonchev–Trinajstić information content (AvgIpc) is 2.86. The van der Waals surface area contributed by atoms with E-state index in [0.717, 1.165) is 16.8 Å². The number of rotatable bonds is 3. The number of benzene rings is 2. The van der Waals surface area contributed by atoms with E-state index in [2.05, 4.69) is 0 Å². The largest absolute Gasteiger partial charge is 0.310 e. The van der Waals surface area contributed by atoms with Crippen molar-refractivity contribution < 1.29 is 9.18 Å². The summed E-state index contributed by atoms with van der Waals surface area (Å²) in [7, 11) is 3.74. The molecule has 1 aliphatic rings. The number of hydrogen-bond acceptors (Lipinski definition) is 2. The van der Waals surface area contributed by atoms with Crippen molar-refractivity contribution in [2.24, 2.45) is 0 Å². The summed E-state index contributed by atoms with van der Waals surface area (Å²) in [6, 6.07) is 14.6. The zero-order valence-corrected chi connectivity index (χ0v) is 12.8. The number of halogens is 1. The molecule has 0 radical (unpaired) electrons. The van der Waals surface area contributed by atoms with Gasteiger partial charge in [0.15, 0.2) is 0 Å². The third-order valence-corrected chi connectivity index (χ3v) is 3.98. The van der Waals surface area contributed by atoms with Crippen LogP contribution in [0.5, 0.6) is 0 Å². The molecular formula is C18H19FN2O. The Morgan fingerprint density at radius 1 is 1.23 bits per heavy atom. The lowest BCUT2D eigenvalue weighted by molar-refractivity contribution is -0.119. The predicted molar refractivity (Wildman–Crippen MR) is 85.6 cm³/mol. The van der Waals surface area contributed by atoms with Crippen LogP contribution in [0.15, 0.2) is 48.5 Å². The first-order valence-electron chi connectivity index (χ1n) is 7.36. The summed E-state index contributed by atoms with van der Waals surface area (Å²) in [5, 5.41) is 0. The highest BCUT2D eigenvalue weighted by molar-refractivity contribution is 5.97. The topological polar surface area (TPSA) is 23.6 Å². The van der Waals surface area contributed by atoms with E-state index in [0.29, 0.717) is 13.1 Å². The van der Waals surface area contributed by atoms with E-state index in [-0.39, 0.29) is 17.6 Å². The van der Waals surface area contributed by atoms with Gasteiger partial charge in [-0.05, 0) is 43.4 Å². The maximum absolute atomic E-state index is 13.7. The summed E-state index contributed by atoms with van der Waals surface area (Å²) in [4.78, 5) is 16.1. The van der Waals surface area contributed by atoms with Crippen LogP contribution in [0.25, 0.3) is 0 Å². The quantitative estimate of drug-likeness (QED) is 0.870. The molecule has 0 saturated carbocycles. The Labute approximate surface area is 130 Å². The van der Waals surface area contributed by atoms with Gasteiger partial charge in [-0.2, -0.15) is 0 Å². The van der Waals surface area contributed by atoms with Gasteiger partial charge in [-0.25, -0.2) is 4.39 Å². The highest BCUT2D eigenvalue weighted by Crippen LogP contribution is 2.40. The summed E-state index contributed by atoms with van der Waals surface area (Å²) < 4.78 is 13.7. The standard InChI is InChI=1S/C18H19FN2O/c1-20(2)12-18(22)21-11-16(13-6-4-3-5-7-13)15-10-14(19)8-9-17(15)21/h3-10,16H,11-12H2,1-2H3. The van der Waals surface area contributed by atoms with Crippen LogP contribution in [-0.4, -0.2) is 38.0 Å². The molecule has 1 heterocycles. The van der Waals surface area contributed by atoms with E-state index >= 15 is 0 Å². The molecule has 1 aliphatic heterocycles. The predicted octanol–water partition coefficient (Wildman–Crippen LogP) is 2.87. The fraction of sp³-hybridized carbons (Fsp3) is 0.278. The highest BCUT2D eigenvalue weighted by Gasteiger charge is 2.33. The van der Waals surface area contributed by atoms with Gasteiger partial charge in [0.2, 0.25) is 5.91 Å². The van der Waals surface area contributed by atoms with E-state index < -0.39 is 0 Å². The number of nitrogens with zero attached hydrogens (tertiary/aromatic N) is 2. The first-order chi connectivity index (χ1) is 10.6. The lowest BCUT2D eigenvalue weighted by Gasteiger charge is -2.20. The van der Waals surface area contributed by atoms with E-state index in [1.54, 1.807) is 17.0 Å². The van der Waals surface area contributed by atoms with Crippen molar-refractivity contribution in [2.45, 2.75) is 5.92 Å². The van der Waals surface area contributed by atoms with Crippen molar-refractivity contribution in [3.05, 3.63) is 65.5 Å². The van der Waals surface area contributed by atoms with Gasteiger partial charge in [-0.1, -0.05) is 30.3 Å². The van der Waals surface area contributed by atoms with Crippen LogP contribution in [0.3, 0.4) is 0 Å². The van der Waals surface area contributed by atoms with Crippen LogP contribution in [0, 0.1) is 5.82 Å². The summed E-state index contributed by atoms with van der Waals surface area (Å²) >= 11 is 0. The van der Waals surface area contributed by atoms with Gasteiger partial charge in [0.1, 0.15) is 5.82 Å². The van der Waals surface area contributed by atoms with Gasteiger partial charge in [-0.3, -0.25) is 4.79 Å². The Kier molecular flexibility index (Phi) is 3.94. The third kappa shape index (κ3) is 2.74. The molecule has 2 aromatic rings. The van der Waals surface area contributed by atoms with Gasteiger partial charge >= 0.3 is 0 Å². The monoisotopic (exact) mass is 298 g/mol. The van der Waals surface area contributed by atoms with Crippen LogP contribution in [0.2, 0.25) is 0 Å². The van der Waals surface area contributed by atoms with Crippen molar-refractivity contribution >= 4 is 11.6 Å². The normalized spacial score (nSPS) is 16.9. The molecule has 0 N–H and O–H groups in total. The van der Waals surface area contributed by atoms with Crippen LogP contribution in [0.1, 0.15) is 17.0 Å². The van der Waals surface area contributed by atoms with E-state index in [9.17, 15) is 9.18 Å². The Balaban J connectivity index is 2.00. The summed E-state index contributed by atoms with van der Waals surface area (Å²) in [6.45, 7) is 0.911. The molecular weight excluding hydrogens is 279 g/mol. The third-order valence-electron chi connectivity index (χ3n) is 3.98. The number of carbonyl (C=O) groups is 1. The maximum atomic E-state index is 13.7. The van der Waals surface area contributed by atoms with Crippen molar-refractivity contribution in [1.82, 2.24) is 4.90 Å². The smallest absolute Gasteiger partial charge is 0.241 e. The molecule has 1 amide bonds. The number of amides is 1. The van der Waals surface area contributed by atoms with Crippen LogP contribution in [-0.2, 0) is 4.79 Å². The fourth-order valence-corrected chi connectivity index (χ4v) is 2.99. The second kappa shape index (κ2) is 5.89. The second-order valence-corrected chi connectivity index (χ2v) is 5.91. The van der Waals surface area contributed by atoms with Gasteiger partial charge in [0.05, 0.1) is 6.54 Å². The molecule has 2 aromatic carbocycles. The Hall–Kier alpha value is -2.20. The molecule has 4 heteroatoms. The lowest BCUT2D eigenvalue weighted by Crippen LogP contribution is -2.37. The van der Waals surface area contributed by atoms with E-state index in [1.807, 2.05) is 49.3 Å². The minimum absolute atomic E-state index is 0.0259. The molecule has 1 atom stereocenters. The zero-order valence-electron chi connectivity index (χ0n) is 12.8. The van der Waals surface area contributed by atoms with Crippen molar-refractivity contribution in [3.8, 4) is 0 Å². The van der Waals surface area contributed by atoms with Crippen molar-refractivity contribution in [2.75, 3.05) is 32.1 Å². The van der Waals surface area contributed by atoms with Crippen LogP contribution in [0.4, 0.5) is 10.1 Å². The molecule has 0 aromatic heterocycles. The Morgan fingerprint density at radius 2 is 1.95 bits per heavy atom. The summed E-state index contributed by atoms with van der Waals surface area (Å²) in [5.74, 6) is -0.198. The molecule has 22 heavy (non-hydrogen) atoms. The molecule has 0 bridgehead atoms. The van der Waals surface area contributed by atoms with Gasteiger partial charge in [-0.15, -0.1) is 0 Å². The minimum Gasteiger partial charge on any atom is -0.310 e.